The highest BCUT2D eigenvalue weighted by atomic mass is 32.2. The van der Waals surface area contributed by atoms with Gasteiger partial charge < -0.3 is 14.6 Å². The van der Waals surface area contributed by atoms with E-state index in [-0.39, 0.29) is 17.3 Å². The van der Waals surface area contributed by atoms with Crippen molar-refractivity contribution in [1.29, 1.82) is 0 Å². The zero-order chi connectivity index (χ0) is 22.4. The Morgan fingerprint density at radius 3 is 2.74 bits per heavy atom. The van der Waals surface area contributed by atoms with Gasteiger partial charge in [0.05, 0.1) is 25.0 Å². The normalized spacial score (nSPS) is 14.6. The van der Waals surface area contributed by atoms with Crippen LogP contribution in [-0.4, -0.2) is 45.9 Å². The van der Waals surface area contributed by atoms with Crippen molar-refractivity contribution in [3.05, 3.63) is 64.6 Å². The molecular weight excluding hydrogens is 440 g/mol. The van der Waals surface area contributed by atoms with Gasteiger partial charge in [-0.25, -0.2) is 0 Å². The van der Waals surface area contributed by atoms with Gasteiger partial charge in [-0.15, -0.1) is 0 Å². The number of carboxylic acids is 1. The SMILES string of the molecule is COc1cccc(C(=O)NN2C(=O)/C(=C\c3ccccc3OCCC(=O)O)SC2=S)c1. The molecule has 2 amide bonds. The molecule has 160 valence electrons. The van der Waals surface area contributed by atoms with Crippen LogP contribution < -0.4 is 14.9 Å². The minimum atomic E-state index is -0.967. The Balaban J connectivity index is 1.75. The fourth-order valence-electron chi connectivity index (χ4n) is 2.62. The fourth-order valence-corrected chi connectivity index (χ4v) is 3.79. The molecule has 0 unspecified atom stereocenters. The summed E-state index contributed by atoms with van der Waals surface area (Å²) >= 11 is 6.29. The van der Waals surface area contributed by atoms with Gasteiger partial charge in [-0.05, 0) is 42.6 Å². The Morgan fingerprint density at radius 2 is 2.00 bits per heavy atom. The van der Waals surface area contributed by atoms with Crippen molar-refractivity contribution in [3.63, 3.8) is 0 Å². The molecule has 2 aromatic rings. The maximum atomic E-state index is 12.8. The molecule has 31 heavy (non-hydrogen) atoms. The zero-order valence-electron chi connectivity index (χ0n) is 16.4. The monoisotopic (exact) mass is 458 g/mol. The van der Waals surface area contributed by atoms with Gasteiger partial charge in [0.25, 0.3) is 11.8 Å². The molecule has 1 fully saturated rings. The maximum Gasteiger partial charge on any atom is 0.306 e. The van der Waals surface area contributed by atoms with Gasteiger partial charge in [0.1, 0.15) is 11.5 Å². The summed E-state index contributed by atoms with van der Waals surface area (Å²) < 4.78 is 10.8. The second-order valence-corrected chi connectivity index (χ2v) is 7.90. The highest BCUT2D eigenvalue weighted by Gasteiger charge is 2.34. The topological polar surface area (TPSA) is 105 Å². The number of benzene rings is 2. The van der Waals surface area contributed by atoms with Crippen LogP contribution in [0.25, 0.3) is 6.08 Å². The van der Waals surface area contributed by atoms with Gasteiger partial charge in [0.15, 0.2) is 4.32 Å². The number of rotatable bonds is 8. The van der Waals surface area contributed by atoms with Crippen LogP contribution in [0.1, 0.15) is 22.3 Å². The molecular formula is C21H18N2O6S2. The second kappa shape index (κ2) is 10.1. The molecule has 0 atom stereocenters. The van der Waals surface area contributed by atoms with Gasteiger partial charge in [-0.1, -0.05) is 36.0 Å². The van der Waals surface area contributed by atoms with E-state index in [4.69, 9.17) is 26.8 Å². The van der Waals surface area contributed by atoms with Crippen LogP contribution in [-0.2, 0) is 9.59 Å². The van der Waals surface area contributed by atoms with E-state index in [0.29, 0.717) is 27.5 Å². The molecule has 0 aliphatic carbocycles. The van der Waals surface area contributed by atoms with E-state index in [2.05, 4.69) is 5.43 Å². The molecule has 1 saturated heterocycles. The van der Waals surface area contributed by atoms with E-state index in [1.165, 1.54) is 7.11 Å². The minimum Gasteiger partial charge on any atom is -0.497 e. The van der Waals surface area contributed by atoms with Crippen molar-refractivity contribution in [3.8, 4) is 11.5 Å². The number of para-hydroxylation sites is 1. The first kappa shape index (κ1) is 22.3. The van der Waals surface area contributed by atoms with Crippen LogP contribution in [0.15, 0.2) is 53.4 Å². The summed E-state index contributed by atoms with van der Waals surface area (Å²) in [4.78, 5) is 36.3. The lowest BCUT2D eigenvalue weighted by Gasteiger charge is -2.16. The van der Waals surface area contributed by atoms with Crippen LogP contribution in [0.4, 0.5) is 0 Å². The number of ether oxygens (including phenoxy) is 2. The number of carboxylic acid groups (broad SMARTS) is 1. The van der Waals surface area contributed by atoms with Gasteiger partial charge in [0.2, 0.25) is 0 Å². The van der Waals surface area contributed by atoms with Crippen LogP contribution in [0, 0.1) is 0 Å². The molecule has 2 N–H and O–H groups in total. The Labute approximate surface area is 187 Å². The predicted molar refractivity (Wildman–Crippen MR) is 120 cm³/mol. The van der Waals surface area contributed by atoms with E-state index in [9.17, 15) is 14.4 Å². The number of thiocarbonyl (C=S) groups is 1. The number of nitrogens with zero attached hydrogens (tertiary/aromatic N) is 1. The number of hydrazine groups is 1. The number of amides is 2. The zero-order valence-corrected chi connectivity index (χ0v) is 18.0. The molecule has 0 spiro atoms. The van der Waals surface area contributed by atoms with Crippen LogP contribution in [0.5, 0.6) is 11.5 Å². The quantitative estimate of drug-likeness (QED) is 0.459. The van der Waals surface area contributed by atoms with Gasteiger partial charge in [-0.3, -0.25) is 19.8 Å². The fraction of sp³-hybridized carbons (Fsp3) is 0.143. The lowest BCUT2D eigenvalue weighted by molar-refractivity contribution is -0.137. The number of thioether (sulfide) groups is 1. The first-order chi connectivity index (χ1) is 14.9. The summed E-state index contributed by atoms with van der Waals surface area (Å²) in [5.41, 5.74) is 3.42. The van der Waals surface area contributed by atoms with E-state index < -0.39 is 17.8 Å². The molecule has 2 aromatic carbocycles. The van der Waals surface area contributed by atoms with E-state index >= 15 is 0 Å². The molecule has 8 nitrogen and oxygen atoms in total. The molecule has 1 aliphatic rings. The minimum absolute atomic E-state index is 0.00224. The number of hydrogen-bond acceptors (Lipinski definition) is 7. The average molecular weight is 459 g/mol. The maximum absolute atomic E-state index is 12.8. The van der Waals surface area contributed by atoms with Gasteiger partial charge >= 0.3 is 5.97 Å². The first-order valence-corrected chi connectivity index (χ1v) is 10.3. The molecule has 1 heterocycles. The Hall–Kier alpha value is -3.37. The molecule has 0 saturated carbocycles. The lowest BCUT2D eigenvalue weighted by atomic mass is 10.2. The largest absolute Gasteiger partial charge is 0.497 e. The molecule has 1 aliphatic heterocycles. The summed E-state index contributed by atoms with van der Waals surface area (Å²) in [7, 11) is 1.49. The van der Waals surface area contributed by atoms with E-state index in [0.717, 1.165) is 16.8 Å². The van der Waals surface area contributed by atoms with Crippen molar-refractivity contribution in [2.24, 2.45) is 0 Å². The number of hydrogen-bond donors (Lipinski definition) is 2. The van der Waals surface area contributed by atoms with Gasteiger partial charge in [0, 0.05) is 11.1 Å². The first-order valence-electron chi connectivity index (χ1n) is 9.05. The third-order valence-electron chi connectivity index (χ3n) is 4.12. The number of methoxy groups -OCH3 is 1. The van der Waals surface area contributed by atoms with E-state index in [1.807, 2.05) is 0 Å². The summed E-state index contributed by atoms with van der Waals surface area (Å²) in [5, 5.41) is 9.78. The van der Waals surface area contributed by atoms with Crippen molar-refractivity contribution in [2.75, 3.05) is 13.7 Å². The highest BCUT2D eigenvalue weighted by Crippen LogP contribution is 2.33. The summed E-state index contributed by atoms with van der Waals surface area (Å²) in [6, 6.07) is 13.4. The lowest BCUT2D eigenvalue weighted by Crippen LogP contribution is -2.44. The van der Waals surface area contributed by atoms with Crippen molar-refractivity contribution < 1.29 is 29.0 Å². The molecule has 0 bridgehead atoms. The summed E-state index contributed by atoms with van der Waals surface area (Å²) in [6.45, 7) is -0.00224. The molecule has 0 aromatic heterocycles. The third kappa shape index (κ3) is 5.62. The number of carbonyl (C=O) groups excluding carboxylic acids is 2. The highest BCUT2D eigenvalue weighted by molar-refractivity contribution is 8.26. The van der Waals surface area contributed by atoms with Crippen molar-refractivity contribution >= 4 is 52.2 Å². The standard InChI is InChI=1S/C21H18N2O6S2/c1-28-15-7-4-6-14(11-15)19(26)22-23-20(27)17(31-21(23)30)12-13-5-2-3-8-16(13)29-10-9-18(24)25/h2-8,11-12H,9-10H2,1H3,(H,22,26)(H,24,25)/b17-12+. The number of aliphatic carboxylic acids is 1. The number of carbonyl (C=O) groups is 3. The average Bonchev–Trinajstić information content (AvgIpc) is 3.02. The summed E-state index contributed by atoms with van der Waals surface area (Å²) in [6.07, 6.45) is 1.44. The summed E-state index contributed by atoms with van der Waals surface area (Å²) in [5.74, 6) is -1.00. The van der Waals surface area contributed by atoms with Crippen LogP contribution in [0.2, 0.25) is 0 Å². The Kier molecular flexibility index (Phi) is 7.27. The second-order valence-electron chi connectivity index (χ2n) is 6.22. The van der Waals surface area contributed by atoms with Crippen LogP contribution in [0.3, 0.4) is 0 Å². The third-order valence-corrected chi connectivity index (χ3v) is 5.42. The smallest absolute Gasteiger partial charge is 0.306 e. The Morgan fingerprint density at radius 1 is 1.23 bits per heavy atom. The van der Waals surface area contributed by atoms with Gasteiger partial charge in [-0.2, -0.15) is 5.01 Å². The molecule has 10 heteroatoms. The Bertz CT molecular complexity index is 1070. The van der Waals surface area contributed by atoms with Crippen LogP contribution >= 0.6 is 24.0 Å². The van der Waals surface area contributed by atoms with E-state index in [1.54, 1.807) is 54.6 Å². The van der Waals surface area contributed by atoms with Crippen molar-refractivity contribution in [1.82, 2.24) is 10.4 Å². The molecule has 3 rings (SSSR count). The molecule has 0 radical (unpaired) electrons. The number of nitrogens with one attached hydrogen (secondary N) is 1. The van der Waals surface area contributed by atoms with Crippen molar-refractivity contribution in [2.45, 2.75) is 6.42 Å². The predicted octanol–water partition coefficient (Wildman–Crippen LogP) is 3.09.